The van der Waals surface area contributed by atoms with Gasteiger partial charge in [0.15, 0.2) is 0 Å². The molecule has 0 atom stereocenters. The zero-order chi connectivity index (χ0) is 19.1. The van der Waals surface area contributed by atoms with Gasteiger partial charge >= 0.3 is 0 Å². The van der Waals surface area contributed by atoms with Gasteiger partial charge < -0.3 is 4.74 Å². The van der Waals surface area contributed by atoms with Crippen molar-refractivity contribution in [2.75, 3.05) is 20.3 Å². The van der Waals surface area contributed by atoms with Crippen molar-refractivity contribution in [3.8, 4) is 5.69 Å². The van der Waals surface area contributed by atoms with Gasteiger partial charge in [0.2, 0.25) is 0 Å². The van der Waals surface area contributed by atoms with Crippen LogP contribution in [0, 0.1) is 13.8 Å². The van der Waals surface area contributed by atoms with Gasteiger partial charge in [0, 0.05) is 51.9 Å². The monoisotopic (exact) mass is 364 g/mol. The molecule has 0 fully saturated rings. The molecule has 0 unspecified atom stereocenters. The molecule has 27 heavy (non-hydrogen) atoms. The van der Waals surface area contributed by atoms with E-state index in [1.807, 2.05) is 41.5 Å². The maximum Gasteiger partial charge on any atom is 0.0719 e. The molecule has 0 aliphatic heterocycles. The Balaban J connectivity index is 1.88. The van der Waals surface area contributed by atoms with Crippen LogP contribution < -0.4 is 0 Å². The minimum atomic E-state index is 0.761. The average Bonchev–Trinajstić information content (AvgIpc) is 3.16. The van der Waals surface area contributed by atoms with Crippen molar-refractivity contribution < 1.29 is 4.74 Å². The van der Waals surface area contributed by atoms with Gasteiger partial charge in [0.05, 0.1) is 11.4 Å². The van der Waals surface area contributed by atoms with Crippen molar-refractivity contribution in [2.24, 2.45) is 0 Å². The number of hydrogen-bond acceptors (Lipinski definition) is 4. The number of ether oxygens (including phenoxy) is 1. The molecule has 0 radical (unpaired) electrons. The van der Waals surface area contributed by atoms with Crippen molar-refractivity contribution in [3.63, 3.8) is 0 Å². The minimum absolute atomic E-state index is 0.761. The predicted octanol–water partition coefficient (Wildman–Crippen LogP) is 3.92. The van der Waals surface area contributed by atoms with E-state index in [-0.39, 0.29) is 0 Å². The Labute approximate surface area is 161 Å². The Hall–Kier alpha value is -2.50. The largest absolute Gasteiger partial charge is 0.385 e. The summed E-state index contributed by atoms with van der Waals surface area (Å²) < 4.78 is 7.23. The number of aryl methyl sites for hydroxylation is 2. The smallest absolute Gasteiger partial charge is 0.0719 e. The van der Waals surface area contributed by atoms with Gasteiger partial charge in [0.25, 0.3) is 0 Å². The van der Waals surface area contributed by atoms with E-state index in [0.29, 0.717) is 0 Å². The van der Waals surface area contributed by atoms with Crippen LogP contribution in [0.1, 0.15) is 28.8 Å². The van der Waals surface area contributed by atoms with Crippen LogP contribution in [-0.4, -0.2) is 39.9 Å². The lowest BCUT2D eigenvalue weighted by atomic mass is 10.0. The SMILES string of the molecule is COCCCN(Cc1ccccn1)Cc1cc(C)cc(C)c1-n1cccn1. The fourth-order valence-electron chi connectivity index (χ4n) is 3.51. The first-order valence-electron chi connectivity index (χ1n) is 9.38. The highest BCUT2D eigenvalue weighted by molar-refractivity contribution is 5.49. The maximum atomic E-state index is 5.26. The summed E-state index contributed by atoms with van der Waals surface area (Å²) in [7, 11) is 1.75. The van der Waals surface area contributed by atoms with E-state index in [4.69, 9.17) is 4.74 Å². The van der Waals surface area contributed by atoms with E-state index in [1.54, 1.807) is 7.11 Å². The van der Waals surface area contributed by atoms with Crippen LogP contribution >= 0.6 is 0 Å². The highest BCUT2D eigenvalue weighted by Gasteiger charge is 2.14. The summed E-state index contributed by atoms with van der Waals surface area (Å²) in [4.78, 5) is 6.94. The van der Waals surface area contributed by atoms with Gasteiger partial charge in [0.1, 0.15) is 0 Å². The third-order valence-corrected chi connectivity index (χ3v) is 4.59. The number of hydrogen-bond donors (Lipinski definition) is 0. The molecule has 2 heterocycles. The standard InChI is InChI=1S/C22H28N4O/c1-18-14-19(2)22(26-12-6-10-24-26)20(15-18)16-25(11-7-13-27-3)17-21-8-4-5-9-23-21/h4-6,8-10,12,14-15H,7,11,13,16-17H2,1-3H3. The topological polar surface area (TPSA) is 43.2 Å². The molecule has 0 saturated carbocycles. The van der Waals surface area contributed by atoms with Crippen LogP contribution in [-0.2, 0) is 17.8 Å². The van der Waals surface area contributed by atoms with Crippen molar-refractivity contribution >= 4 is 0 Å². The van der Waals surface area contributed by atoms with Gasteiger partial charge in [-0.15, -0.1) is 0 Å². The van der Waals surface area contributed by atoms with Crippen LogP contribution in [0.5, 0.6) is 0 Å². The molecule has 0 N–H and O–H groups in total. The number of aromatic nitrogens is 3. The van der Waals surface area contributed by atoms with E-state index < -0.39 is 0 Å². The minimum Gasteiger partial charge on any atom is -0.385 e. The zero-order valence-corrected chi connectivity index (χ0v) is 16.4. The Morgan fingerprint density at radius 3 is 2.67 bits per heavy atom. The van der Waals surface area contributed by atoms with Crippen molar-refractivity contribution in [1.82, 2.24) is 19.7 Å². The van der Waals surface area contributed by atoms with E-state index in [1.165, 1.54) is 22.4 Å². The van der Waals surface area contributed by atoms with E-state index in [0.717, 1.165) is 38.4 Å². The molecule has 5 heteroatoms. The van der Waals surface area contributed by atoms with Crippen LogP contribution in [0.3, 0.4) is 0 Å². The van der Waals surface area contributed by atoms with Crippen LogP contribution in [0.4, 0.5) is 0 Å². The summed E-state index contributed by atoms with van der Waals surface area (Å²) >= 11 is 0. The lowest BCUT2D eigenvalue weighted by molar-refractivity contribution is 0.166. The molecular formula is C22H28N4O. The summed E-state index contributed by atoms with van der Waals surface area (Å²) in [5, 5.41) is 4.47. The second-order valence-corrected chi connectivity index (χ2v) is 6.92. The number of methoxy groups -OCH3 is 1. The number of rotatable bonds is 9. The van der Waals surface area contributed by atoms with E-state index in [2.05, 4.69) is 47.0 Å². The molecule has 2 aromatic heterocycles. The summed E-state index contributed by atoms with van der Waals surface area (Å²) in [6.45, 7) is 7.68. The normalized spacial score (nSPS) is 11.3. The van der Waals surface area contributed by atoms with Gasteiger partial charge in [-0.25, -0.2) is 4.68 Å². The maximum absolute atomic E-state index is 5.26. The van der Waals surface area contributed by atoms with Gasteiger partial charge in [-0.1, -0.05) is 23.8 Å². The molecule has 3 aromatic rings. The van der Waals surface area contributed by atoms with E-state index >= 15 is 0 Å². The van der Waals surface area contributed by atoms with Crippen LogP contribution in [0.2, 0.25) is 0 Å². The van der Waals surface area contributed by atoms with E-state index in [9.17, 15) is 0 Å². The Morgan fingerprint density at radius 2 is 1.96 bits per heavy atom. The highest BCUT2D eigenvalue weighted by Crippen LogP contribution is 2.23. The Morgan fingerprint density at radius 1 is 1.07 bits per heavy atom. The average molecular weight is 364 g/mol. The van der Waals surface area contributed by atoms with Crippen molar-refractivity contribution in [2.45, 2.75) is 33.4 Å². The molecule has 142 valence electrons. The van der Waals surface area contributed by atoms with Gasteiger partial charge in [-0.3, -0.25) is 9.88 Å². The lowest BCUT2D eigenvalue weighted by Crippen LogP contribution is -2.26. The van der Waals surface area contributed by atoms with Gasteiger partial charge in [-0.2, -0.15) is 5.10 Å². The Bertz CT molecular complexity index is 831. The highest BCUT2D eigenvalue weighted by atomic mass is 16.5. The first kappa shape index (κ1) is 19.3. The molecule has 5 nitrogen and oxygen atoms in total. The van der Waals surface area contributed by atoms with Crippen LogP contribution in [0.15, 0.2) is 55.0 Å². The number of pyridine rings is 1. The molecule has 0 aliphatic carbocycles. The van der Waals surface area contributed by atoms with Crippen molar-refractivity contribution in [1.29, 1.82) is 0 Å². The molecule has 0 aliphatic rings. The predicted molar refractivity (Wildman–Crippen MR) is 108 cm³/mol. The lowest BCUT2D eigenvalue weighted by Gasteiger charge is -2.24. The summed E-state index contributed by atoms with van der Waals surface area (Å²) in [6.07, 6.45) is 6.68. The van der Waals surface area contributed by atoms with Crippen molar-refractivity contribution in [3.05, 3.63) is 77.4 Å². The first-order valence-corrected chi connectivity index (χ1v) is 9.38. The Kier molecular flexibility index (Phi) is 6.74. The quantitative estimate of drug-likeness (QED) is 0.540. The second kappa shape index (κ2) is 9.44. The third-order valence-electron chi connectivity index (χ3n) is 4.59. The van der Waals surface area contributed by atoms with Gasteiger partial charge in [-0.05, 0) is 49.6 Å². The summed E-state index contributed by atoms with van der Waals surface area (Å²) in [6, 6.07) is 12.5. The second-order valence-electron chi connectivity index (χ2n) is 6.92. The fourth-order valence-corrected chi connectivity index (χ4v) is 3.51. The molecule has 0 saturated heterocycles. The summed E-state index contributed by atoms with van der Waals surface area (Å²) in [5.74, 6) is 0. The molecular weight excluding hydrogens is 336 g/mol. The third kappa shape index (κ3) is 5.25. The zero-order valence-electron chi connectivity index (χ0n) is 16.4. The first-order chi connectivity index (χ1) is 13.2. The summed E-state index contributed by atoms with van der Waals surface area (Å²) in [5.41, 5.74) is 6.05. The molecule has 3 rings (SSSR count). The molecule has 0 bridgehead atoms. The number of benzene rings is 1. The van der Waals surface area contributed by atoms with Crippen LogP contribution in [0.25, 0.3) is 5.69 Å². The molecule has 0 amide bonds. The molecule has 0 spiro atoms. The fraction of sp³-hybridized carbons (Fsp3) is 0.364. The molecule has 1 aromatic carbocycles. The number of nitrogens with zero attached hydrogens (tertiary/aromatic N) is 4.